The third kappa shape index (κ3) is 3.52. The van der Waals surface area contributed by atoms with Crippen LogP contribution in [0.1, 0.15) is 31.5 Å². The first kappa shape index (κ1) is 13.9. The van der Waals surface area contributed by atoms with Crippen LogP contribution in [0.3, 0.4) is 0 Å². The molecule has 0 aliphatic heterocycles. The van der Waals surface area contributed by atoms with Gasteiger partial charge in [0, 0.05) is 27.9 Å². The Kier molecular flexibility index (Phi) is 4.27. The SMILES string of the molecule is CCNc1cc(Sc2ccc(Br)cc2)nc(C2CC2)n1. The van der Waals surface area contributed by atoms with Crippen LogP contribution in [0.5, 0.6) is 0 Å². The summed E-state index contributed by atoms with van der Waals surface area (Å²) in [6, 6.07) is 10.3. The highest BCUT2D eigenvalue weighted by molar-refractivity contribution is 9.10. The van der Waals surface area contributed by atoms with Gasteiger partial charge in [0.1, 0.15) is 16.7 Å². The molecule has 0 bridgehead atoms. The highest BCUT2D eigenvalue weighted by Gasteiger charge is 2.27. The lowest BCUT2D eigenvalue weighted by atomic mass is 10.4. The standard InChI is InChI=1S/C15H16BrN3S/c1-2-17-13-9-14(19-15(18-13)10-3-4-10)20-12-7-5-11(16)6-8-12/h5-10H,2-4H2,1H3,(H,17,18,19). The number of hydrogen-bond acceptors (Lipinski definition) is 4. The molecule has 0 saturated heterocycles. The molecule has 1 fully saturated rings. The first-order chi connectivity index (χ1) is 9.74. The van der Waals surface area contributed by atoms with Crippen molar-refractivity contribution in [2.75, 3.05) is 11.9 Å². The summed E-state index contributed by atoms with van der Waals surface area (Å²) in [6.45, 7) is 2.96. The Bertz CT molecular complexity index is 597. The highest BCUT2D eigenvalue weighted by atomic mass is 79.9. The fourth-order valence-electron chi connectivity index (χ4n) is 1.91. The van der Waals surface area contributed by atoms with Gasteiger partial charge in [0.15, 0.2) is 0 Å². The number of aromatic nitrogens is 2. The zero-order chi connectivity index (χ0) is 13.9. The summed E-state index contributed by atoms with van der Waals surface area (Å²) in [5.74, 6) is 2.49. The quantitative estimate of drug-likeness (QED) is 0.794. The predicted octanol–water partition coefficient (Wildman–Crippen LogP) is 4.70. The van der Waals surface area contributed by atoms with Crippen LogP contribution in [0.25, 0.3) is 0 Å². The van der Waals surface area contributed by atoms with Crippen molar-refractivity contribution < 1.29 is 0 Å². The molecule has 5 heteroatoms. The van der Waals surface area contributed by atoms with Gasteiger partial charge in [-0.25, -0.2) is 9.97 Å². The molecular formula is C15H16BrN3S. The molecule has 1 aliphatic rings. The molecule has 3 nitrogen and oxygen atoms in total. The van der Waals surface area contributed by atoms with Crippen molar-refractivity contribution in [1.82, 2.24) is 9.97 Å². The second-order valence-electron chi connectivity index (χ2n) is 4.81. The number of nitrogens with zero attached hydrogens (tertiary/aromatic N) is 2. The largest absolute Gasteiger partial charge is 0.370 e. The minimum Gasteiger partial charge on any atom is -0.370 e. The molecule has 0 atom stereocenters. The lowest BCUT2D eigenvalue weighted by molar-refractivity contribution is 0.877. The van der Waals surface area contributed by atoms with E-state index in [1.165, 1.54) is 17.7 Å². The minimum absolute atomic E-state index is 0.567. The van der Waals surface area contributed by atoms with E-state index in [0.717, 1.165) is 27.7 Å². The van der Waals surface area contributed by atoms with Crippen molar-refractivity contribution >= 4 is 33.5 Å². The summed E-state index contributed by atoms with van der Waals surface area (Å²) in [7, 11) is 0. The van der Waals surface area contributed by atoms with Crippen molar-refractivity contribution in [3.8, 4) is 0 Å². The second-order valence-corrected chi connectivity index (χ2v) is 6.82. The first-order valence-corrected chi connectivity index (χ1v) is 8.42. The van der Waals surface area contributed by atoms with Crippen LogP contribution in [0.2, 0.25) is 0 Å². The van der Waals surface area contributed by atoms with E-state index in [1.54, 1.807) is 11.8 Å². The van der Waals surface area contributed by atoms with Crippen molar-refractivity contribution in [2.24, 2.45) is 0 Å². The van der Waals surface area contributed by atoms with Crippen LogP contribution in [0, 0.1) is 0 Å². The molecule has 1 aromatic carbocycles. The fourth-order valence-corrected chi connectivity index (χ4v) is 3.00. The van der Waals surface area contributed by atoms with Crippen LogP contribution < -0.4 is 5.32 Å². The van der Waals surface area contributed by atoms with Crippen LogP contribution in [-0.4, -0.2) is 16.5 Å². The molecule has 1 aromatic heterocycles. The van der Waals surface area contributed by atoms with E-state index >= 15 is 0 Å². The summed E-state index contributed by atoms with van der Waals surface area (Å²) >= 11 is 5.14. The number of anilines is 1. The molecule has 1 saturated carbocycles. The lowest BCUT2D eigenvalue weighted by Crippen LogP contribution is -2.03. The molecule has 0 unspecified atom stereocenters. The van der Waals surface area contributed by atoms with Crippen molar-refractivity contribution in [2.45, 2.75) is 35.6 Å². The van der Waals surface area contributed by atoms with Gasteiger partial charge < -0.3 is 5.32 Å². The van der Waals surface area contributed by atoms with E-state index in [2.05, 4.69) is 57.4 Å². The zero-order valence-electron chi connectivity index (χ0n) is 11.3. The van der Waals surface area contributed by atoms with Gasteiger partial charge in [-0.1, -0.05) is 27.7 Å². The van der Waals surface area contributed by atoms with Gasteiger partial charge in [0.25, 0.3) is 0 Å². The molecule has 2 aromatic rings. The monoisotopic (exact) mass is 349 g/mol. The summed E-state index contributed by atoms with van der Waals surface area (Å²) < 4.78 is 1.09. The maximum Gasteiger partial charge on any atom is 0.135 e. The normalized spacial score (nSPS) is 14.3. The first-order valence-electron chi connectivity index (χ1n) is 6.81. The average Bonchev–Trinajstić information content (AvgIpc) is 3.26. The van der Waals surface area contributed by atoms with Crippen LogP contribution in [0.15, 0.2) is 44.7 Å². The van der Waals surface area contributed by atoms with Gasteiger partial charge in [0.05, 0.1) is 0 Å². The summed E-state index contributed by atoms with van der Waals surface area (Å²) in [6.07, 6.45) is 2.44. The van der Waals surface area contributed by atoms with Gasteiger partial charge >= 0.3 is 0 Å². The Morgan fingerprint density at radius 3 is 2.65 bits per heavy atom. The fraction of sp³-hybridized carbons (Fsp3) is 0.333. The molecule has 0 spiro atoms. The van der Waals surface area contributed by atoms with Crippen molar-refractivity contribution in [3.63, 3.8) is 0 Å². The van der Waals surface area contributed by atoms with E-state index in [1.807, 2.05) is 6.07 Å². The lowest BCUT2D eigenvalue weighted by Gasteiger charge is -2.08. The Balaban J connectivity index is 1.85. The molecule has 104 valence electrons. The summed E-state index contributed by atoms with van der Waals surface area (Å²) in [5, 5.41) is 4.31. The Morgan fingerprint density at radius 2 is 2.00 bits per heavy atom. The molecule has 1 heterocycles. The number of hydrogen-bond donors (Lipinski definition) is 1. The predicted molar refractivity (Wildman–Crippen MR) is 86.4 cm³/mol. The summed E-state index contributed by atoms with van der Waals surface area (Å²) in [5.41, 5.74) is 0. The average molecular weight is 350 g/mol. The van der Waals surface area contributed by atoms with Crippen LogP contribution >= 0.6 is 27.7 Å². The molecule has 1 aliphatic carbocycles. The smallest absolute Gasteiger partial charge is 0.135 e. The topological polar surface area (TPSA) is 37.8 Å². The maximum atomic E-state index is 4.70. The Hall–Kier alpha value is -1.07. The second kappa shape index (κ2) is 6.14. The zero-order valence-corrected chi connectivity index (χ0v) is 13.7. The molecule has 0 amide bonds. The van der Waals surface area contributed by atoms with Crippen LogP contribution in [-0.2, 0) is 0 Å². The van der Waals surface area contributed by atoms with Gasteiger partial charge in [-0.3, -0.25) is 0 Å². The number of nitrogens with one attached hydrogen (secondary N) is 1. The van der Waals surface area contributed by atoms with Gasteiger partial charge in [-0.15, -0.1) is 0 Å². The van der Waals surface area contributed by atoms with E-state index in [4.69, 9.17) is 4.98 Å². The van der Waals surface area contributed by atoms with Crippen molar-refractivity contribution in [1.29, 1.82) is 0 Å². The van der Waals surface area contributed by atoms with Gasteiger partial charge in [-0.05, 0) is 44.0 Å². The highest BCUT2D eigenvalue weighted by Crippen LogP contribution is 2.39. The number of benzene rings is 1. The molecule has 0 radical (unpaired) electrons. The molecule has 3 rings (SSSR count). The molecular weight excluding hydrogens is 334 g/mol. The van der Waals surface area contributed by atoms with E-state index in [-0.39, 0.29) is 0 Å². The van der Waals surface area contributed by atoms with Crippen molar-refractivity contribution in [3.05, 3.63) is 40.6 Å². The summed E-state index contributed by atoms with van der Waals surface area (Å²) in [4.78, 5) is 10.5. The third-order valence-corrected chi connectivity index (χ3v) is 4.51. The minimum atomic E-state index is 0.567. The van der Waals surface area contributed by atoms with Gasteiger partial charge in [-0.2, -0.15) is 0 Å². The third-order valence-electron chi connectivity index (χ3n) is 3.06. The Labute approximate surface area is 131 Å². The molecule has 1 N–H and O–H groups in total. The van der Waals surface area contributed by atoms with E-state index in [9.17, 15) is 0 Å². The van der Waals surface area contributed by atoms with E-state index in [0.29, 0.717) is 5.92 Å². The number of halogens is 1. The maximum absolute atomic E-state index is 4.70. The number of rotatable bonds is 5. The van der Waals surface area contributed by atoms with E-state index < -0.39 is 0 Å². The van der Waals surface area contributed by atoms with Gasteiger partial charge in [0.2, 0.25) is 0 Å². The van der Waals surface area contributed by atoms with Crippen LogP contribution in [0.4, 0.5) is 5.82 Å². The molecule has 20 heavy (non-hydrogen) atoms. The Morgan fingerprint density at radius 1 is 1.25 bits per heavy atom.